The first-order valence-electron chi connectivity index (χ1n) is 6.69. The Balaban J connectivity index is 1.57. The Kier molecular flexibility index (Phi) is 3.91. The van der Waals surface area contributed by atoms with Gasteiger partial charge in [-0.05, 0) is 36.4 Å². The van der Waals surface area contributed by atoms with Crippen molar-refractivity contribution in [3.8, 4) is 11.5 Å². The number of benzene rings is 2. The molecule has 1 aromatic heterocycles. The minimum Gasteiger partial charge on any atom is -0.385 e. The third-order valence-electron chi connectivity index (χ3n) is 3.01. The average Bonchev–Trinajstić information content (AvgIpc) is 2.99. The van der Waals surface area contributed by atoms with Crippen molar-refractivity contribution >= 4 is 5.69 Å². The van der Waals surface area contributed by atoms with Crippen LogP contribution in [0.5, 0.6) is 0 Å². The van der Waals surface area contributed by atoms with Gasteiger partial charge < -0.3 is 9.84 Å². The fraction of sp³-hybridized carbons (Fsp3) is 0.125. The van der Waals surface area contributed by atoms with E-state index in [0.717, 1.165) is 11.3 Å². The number of nitrogens with zero attached hydrogens (tertiary/aromatic N) is 2. The van der Waals surface area contributed by atoms with Crippen LogP contribution in [0.15, 0.2) is 59.1 Å². The monoisotopic (exact) mass is 283 g/mol. The Morgan fingerprint density at radius 2 is 1.76 bits per heavy atom. The number of hydrogen-bond acceptors (Lipinski definition) is 4. The molecule has 0 saturated carbocycles. The number of rotatable bonds is 5. The Morgan fingerprint density at radius 3 is 2.52 bits per heavy atom. The van der Waals surface area contributed by atoms with Gasteiger partial charge in [0.1, 0.15) is 5.82 Å². The molecule has 0 saturated heterocycles. The van der Waals surface area contributed by atoms with Crippen LogP contribution < -0.4 is 5.32 Å². The lowest BCUT2D eigenvalue weighted by Gasteiger charge is -2.03. The van der Waals surface area contributed by atoms with E-state index >= 15 is 0 Å². The standard InChI is InChI=1S/C16H14FN3O/c17-13-6-8-14(9-7-13)18-11-10-15-19-16(21-20-15)12-4-2-1-3-5-12/h1-9,18H,10-11H2. The number of anilines is 1. The van der Waals surface area contributed by atoms with Gasteiger partial charge >= 0.3 is 0 Å². The van der Waals surface area contributed by atoms with Crippen molar-refractivity contribution in [1.29, 1.82) is 0 Å². The second-order valence-electron chi connectivity index (χ2n) is 4.57. The van der Waals surface area contributed by atoms with Gasteiger partial charge in [-0.15, -0.1) is 0 Å². The van der Waals surface area contributed by atoms with Crippen LogP contribution in [0, 0.1) is 5.82 Å². The fourth-order valence-electron chi connectivity index (χ4n) is 1.94. The van der Waals surface area contributed by atoms with Crippen molar-refractivity contribution < 1.29 is 8.91 Å². The molecule has 0 atom stereocenters. The molecule has 0 bridgehead atoms. The molecular formula is C16H14FN3O. The SMILES string of the molecule is Fc1ccc(NCCc2noc(-c3ccccc3)n2)cc1. The molecule has 2 aromatic carbocycles. The topological polar surface area (TPSA) is 51.0 Å². The molecule has 0 unspecified atom stereocenters. The number of halogens is 1. The van der Waals surface area contributed by atoms with Crippen LogP contribution in [0.3, 0.4) is 0 Å². The molecule has 3 rings (SSSR count). The van der Waals surface area contributed by atoms with Gasteiger partial charge in [0.05, 0.1) is 0 Å². The zero-order valence-electron chi connectivity index (χ0n) is 11.3. The molecule has 0 aliphatic rings. The molecule has 0 aliphatic heterocycles. The Bertz CT molecular complexity index is 695. The first kappa shape index (κ1) is 13.3. The van der Waals surface area contributed by atoms with Gasteiger partial charge in [0, 0.05) is 24.2 Å². The summed E-state index contributed by atoms with van der Waals surface area (Å²) in [5, 5.41) is 7.13. The zero-order valence-corrected chi connectivity index (χ0v) is 11.3. The minimum atomic E-state index is -0.244. The Labute approximate surface area is 121 Å². The quantitative estimate of drug-likeness (QED) is 0.778. The van der Waals surface area contributed by atoms with Crippen molar-refractivity contribution in [1.82, 2.24) is 10.1 Å². The van der Waals surface area contributed by atoms with E-state index in [2.05, 4.69) is 15.5 Å². The highest BCUT2D eigenvalue weighted by molar-refractivity contribution is 5.52. The highest BCUT2D eigenvalue weighted by Crippen LogP contribution is 2.16. The number of aromatic nitrogens is 2. The lowest BCUT2D eigenvalue weighted by atomic mass is 10.2. The molecule has 0 fully saturated rings. The Morgan fingerprint density at radius 1 is 1.00 bits per heavy atom. The van der Waals surface area contributed by atoms with Crippen molar-refractivity contribution in [2.45, 2.75) is 6.42 Å². The summed E-state index contributed by atoms with van der Waals surface area (Å²) in [5.74, 6) is 0.919. The van der Waals surface area contributed by atoms with Crippen LogP contribution in [0.4, 0.5) is 10.1 Å². The van der Waals surface area contributed by atoms with Gasteiger partial charge in [-0.3, -0.25) is 0 Å². The van der Waals surface area contributed by atoms with E-state index in [0.29, 0.717) is 24.7 Å². The summed E-state index contributed by atoms with van der Waals surface area (Å²) in [5.41, 5.74) is 1.77. The smallest absolute Gasteiger partial charge is 0.257 e. The predicted octanol–water partition coefficient (Wildman–Crippen LogP) is 3.53. The molecule has 0 radical (unpaired) electrons. The predicted molar refractivity (Wildman–Crippen MR) is 78.3 cm³/mol. The zero-order chi connectivity index (χ0) is 14.5. The third kappa shape index (κ3) is 3.45. The van der Waals surface area contributed by atoms with Gasteiger partial charge in [-0.1, -0.05) is 23.4 Å². The summed E-state index contributed by atoms with van der Waals surface area (Å²) >= 11 is 0. The Hall–Kier alpha value is -2.69. The molecule has 4 nitrogen and oxygen atoms in total. The fourth-order valence-corrected chi connectivity index (χ4v) is 1.94. The van der Waals surface area contributed by atoms with E-state index < -0.39 is 0 Å². The number of hydrogen-bond donors (Lipinski definition) is 1. The second-order valence-corrected chi connectivity index (χ2v) is 4.57. The maximum atomic E-state index is 12.8. The molecule has 21 heavy (non-hydrogen) atoms. The van der Waals surface area contributed by atoms with E-state index in [1.165, 1.54) is 12.1 Å². The maximum absolute atomic E-state index is 12.8. The van der Waals surface area contributed by atoms with Gasteiger partial charge in [-0.2, -0.15) is 4.98 Å². The normalized spacial score (nSPS) is 10.5. The summed E-state index contributed by atoms with van der Waals surface area (Å²) in [6.07, 6.45) is 0.633. The third-order valence-corrected chi connectivity index (χ3v) is 3.01. The molecule has 5 heteroatoms. The lowest BCUT2D eigenvalue weighted by Crippen LogP contribution is -2.05. The lowest BCUT2D eigenvalue weighted by molar-refractivity contribution is 0.423. The molecule has 3 aromatic rings. The molecule has 1 N–H and O–H groups in total. The minimum absolute atomic E-state index is 0.244. The van der Waals surface area contributed by atoms with Crippen LogP contribution >= 0.6 is 0 Å². The largest absolute Gasteiger partial charge is 0.385 e. The van der Waals surface area contributed by atoms with Gasteiger partial charge in [0.2, 0.25) is 0 Å². The first-order chi connectivity index (χ1) is 10.3. The molecule has 0 aliphatic carbocycles. The summed E-state index contributed by atoms with van der Waals surface area (Å²) < 4.78 is 18.0. The first-order valence-corrected chi connectivity index (χ1v) is 6.69. The maximum Gasteiger partial charge on any atom is 0.257 e. The highest BCUT2D eigenvalue weighted by Gasteiger charge is 2.07. The molecule has 0 spiro atoms. The summed E-state index contributed by atoms with van der Waals surface area (Å²) in [4.78, 5) is 4.35. The number of nitrogens with one attached hydrogen (secondary N) is 1. The van der Waals surface area contributed by atoms with E-state index in [1.54, 1.807) is 12.1 Å². The van der Waals surface area contributed by atoms with Crippen molar-refractivity contribution in [3.05, 3.63) is 66.2 Å². The second kappa shape index (κ2) is 6.17. The molecular weight excluding hydrogens is 269 g/mol. The molecule has 106 valence electrons. The van der Waals surface area contributed by atoms with Crippen molar-refractivity contribution in [3.63, 3.8) is 0 Å². The molecule has 1 heterocycles. The summed E-state index contributed by atoms with van der Waals surface area (Å²) in [6.45, 7) is 0.652. The van der Waals surface area contributed by atoms with Gasteiger partial charge in [0.15, 0.2) is 5.82 Å². The average molecular weight is 283 g/mol. The summed E-state index contributed by atoms with van der Waals surface area (Å²) in [7, 11) is 0. The van der Waals surface area contributed by atoms with Crippen LogP contribution in [0.2, 0.25) is 0 Å². The van der Waals surface area contributed by atoms with Crippen LogP contribution in [0.25, 0.3) is 11.5 Å². The molecule has 0 amide bonds. The van der Waals surface area contributed by atoms with Gasteiger partial charge in [0.25, 0.3) is 5.89 Å². The van der Waals surface area contributed by atoms with Gasteiger partial charge in [-0.25, -0.2) is 4.39 Å². The van der Waals surface area contributed by atoms with E-state index in [4.69, 9.17) is 4.52 Å². The van der Waals surface area contributed by atoms with E-state index in [9.17, 15) is 4.39 Å². The van der Waals surface area contributed by atoms with Crippen LogP contribution in [0.1, 0.15) is 5.82 Å². The van der Waals surface area contributed by atoms with Crippen molar-refractivity contribution in [2.75, 3.05) is 11.9 Å². The van der Waals surface area contributed by atoms with Crippen LogP contribution in [-0.2, 0) is 6.42 Å². The van der Waals surface area contributed by atoms with Crippen LogP contribution in [-0.4, -0.2) is 16.7 Å². The summed E-state index contributed by atoms with van der Waals surface area (Å²) in [6, 6.07) is 15.9. The van der Waals surface area contributed by atoms with Crippen molar-refractivity contribution in [2.24, 2.45) is 0 Å². The highest BCUT2D eigenvalue weighted by atomic mass is 19.1. The van der Waals surface area contributed by atoms with E-state index in [1.807, 2.05) is 30.3 Å². The van der Waals surface area contributed by atoms with E-state index in [-0.39, 0.29) is 5.82 Å².